The minimum Gasteiger partial charge on any atom is -0.504 e. The molecule has 108 valence electrons. The molecule has 0 aromatic carbocycles. The molecule has 0 spiro atoms. The average molecular weight is 308 g/mol. The highest BCUT2D eigenvalue weighted by molar-refractivity contribution is 5.86. The van der Waals surface area contributed by atoms with E-state index >= 15 is 0 Å². The van der Waals surface area contributed by atoms with Gasteiger partial charge in [0.2, 0.25) is 5.91 Å². The summed E-state index contributed by atoms with van der Waals surface area (Å²) in [6, 6.07) is 1.64. The molecule has 7 heteroatoms. The number of aromatic hydroxyl groups is 1. The lowest BCUT2D eigenvalue weighted by Crippen LogP contribution is -2.31. The van der Waals surface area contributed by atoms with E-state index in [-0.39, 0.29) is 48.2 Å². The van der Waals surface area contributed by atoms with Crippen molar-refractivity contribution >= 4 is 36.5 Å². The van der Waals surface area contributed by atoms with E-state index in [1.54, 1.807) is 13.0 Å². The van der Waals surface area contributed by atoms with Crippen molar-refractivity contribution in [3.05, 3.63) is 17.8 Å². The zero-order valence-electron chi connectivity index (χ0n) is 10.7. The Labute approximate surface area is 125 Å². The van der Waals surface area contributed by atoms with Gasteiger partial charge >= 0.3 is 0 Å². The molecule has 1 atom stereocenters. The number of likely N-dealkylation sites (tertiary alicyclic amines) is 1. The number of halogens is 2. The van der Waals surface area contributed by atoms with Crippen LogP contribution in [0.2, 0.25) is 0 Å². The monoisotopic (exact) mass is 307 g/mol. The number of nitrogens with two attached hydrogens (primary N) is 1. The molecule has 1 aromatic heterocycles. The SMILES string of the molecule is CC(C(=O)N1CCCC1)c1ccnc(N)c1O.Cl.Cl. The molecule has 1 aromatic rings. The highest BCUT2D eigenvalue weighted by Crippen LogP contribution is 2.30. The molecule has 1 saturated heterocycles. The molecule has 1 aliphatic rings. The Hall–Kier alpha value is -1.20. The van der Waals surface area contributed by atoms with Gasteiger partial charge in [0, 0.05) is 24.8 Å². The van der Waals surface area contributed by atoms with Gasteiger partial charge in [0.25, 0.3) is 0 Å². The molecule has 1 aliphatic heterocycles. The van der Waals surface area contributed by atoms with Crippen LogP contribution in [0.25, 0.3) is 0 Å². The van der Waals surface area contributed by atoms with E-state index in [1.807, 2.05) is 4.90 Å². The first-order valence-corrected chi connectivity index (χ1v) is 5.83. The van der Waals surface area contributed by atoms with Crippen LogP contribution >= 0.6 is 24.8 Å². The van der Waals surface area contributed by atoms with Crippen molar-refractivity contribution in [2.45, 2.75) is 25.7 Å². The highest BCUT2D eigenvalue weighted by atomic mass is 35.5. The lowest BCUT2D eigenvalue weighted by molar-refractivity contribution is -0.131. The van der Waals surface area contributed by atoms with Crippen LogP contribution in [0, 0.1) is 0 Å². The molecule has 0 aliphatic carbocycles. The summed E-state index contributed by atoms with van der Waals surface area (Å²) < 4.78 is 0. The van der Waals surface area contributed by atoms with Crippen LogP contribution < -0.4 is 5.73 Å². The zero-order valence-corrected chi connectivity index (χ0v) is 12.3. The van der Waals surface area contributed by atoms with Gasteiger partial charge in [0.05, 0.1) is 5.92 Å². The van der Waals surface area contributed by atoms with Gasteiger partial charge in [0.1, 0.15) is 0 Å². The van der Waals surface area contributed by atoms with Crippen LogP contribution in [0.15, 0.2) is 12.3 Å². The number of hydrogen-bond acceptors (Lipinski definition) is 4. The molecule has 0 bridgehead atoms. The van der Waals surface area contributed by atoms with Crippen LogP contribution in [0.1, 0.15) is 31.2 Å². The second-order valence-corrected chi connectivity index (χ2v) is 4.39. The number of carbonyl (C=O) groups excluding carboxylic acids is 1. The predicted molar refractivity (Wildman–Crippen MR) is 79.0 cm³/mol. The van der Waals surface area contributed by atoms with E-state index in [4.69, 9.17) is 5.73 Å². The number of nitrogens with zero attached hydrogens (tertiary/aromatic N) is 2. The van der Waals surface area contributed by atoms with Crippen molar-refractivity contribution in [1.82, 2.24) is 9.88 Å². The number of anilines is 1. The van der Waals surface area contributed by atoms with E-state index in [1.165, 1.54) is 6.20 Å². The van der Waals surface area contributed by atoms with Crippen molar-refractivity contribution in [2.24, 2.45) is 0 Å². The topological polar surface area (TPSA) is 79.5 Å². The molecule has 2 heterocycles. The molecule has 1 unspecified atom stereocenters. The first kappa shape index (κ1) is 17.8. The number of nitrogen functional groups attached to an aromatic ring is 1. The van der Waals surface area contributed by atoms with Crippen LogP contribution in [-0.2, 0) is 4.79 Å². The maximum Gasteiger partial charge on any atom is 0.229 e. The van der Waals surface area contributed by atoms with E-state index in [0.717, 1.165) is 25.9 Å². The Morgan fingerprint density at radius 3 is 2.58 bits per heavy atom. The number of aromatic nitrogens is 1. The number of carbonyl (C=O) groups is 1. The lowest BCUT2D eigenvalue weighted by Gasteiger charge is -2.21. The third-order valence-corrected chi connectivity index (χ3v) is 3.24. The molecule has 1 amide bonds. The van der Waals surface area contributed by atoms with Gasteiger partial charge in [0.15, 0.2) is 11.6 Å². The van der Waals surface area contributed by atoms with Gasteiger partial charge < -0.3 is 15.7 Å². The quantitative estimate of drug-likeness (QED) is 0.875. The Morgan fingerprint density at radius 1 is 1.42 bits per heavy atom. The second-order valence-electron chi connectivity index (χ2n) is 4.39. The first-order valence-electron chi connectivity index (χ1n) is 5.83. The van der Waals surface area contributed by atoms with Gasteiger partial charge in [-0.25, -0.2) is 4.98 Å². The van der Waals surface area contributed by atoms with Crippen LogP contribution in [-0.4, -0.2) is 34.0 Å². The minimum atomic E-state index is -0.376. The van der Waals surface area contributed by atoms with Gasteiger partial charge in [-0.2, -0.15) is 0 Å². The highest BCUT2D eigenvalue weighted by Gasteiger charge is 2.26. The molecule has 1 fully saturated rings. The van der Waals surface area contributed by atoms with E-state index in [0.29, 0.717) is 5.56 Å². The normalized spacial score (nSPS) is 15.3. The maximum atomic E-state index is 12.2. The number of amides is 1. The number of pyridine rings is 1. The zero-order chi connectivity index (χ0) is 12.4. The van der Waals surface area contributed by atoms with E-state index < -0.39 is 0 Å². The smallest absolute Gasteiger partial charge is 0.229 e. The van der Waals surface area contributed by atoms with Crippen molar-refractivity contribution in [3.63, 3.8) is 0 Å². The summed E-state index contributed by atoms with van der Waals surface area (Å²) >= 11 is 0. The molecule has 0 radical (unpaired) electrons. The van der Waals surface area contributed by atoms with Crippen molar-refractivity contribution in [3.8, 4) is 5.75 Å². The van der Waals surface area contributed by atoms with E-state index in [9.17, 15) is 9.90 Å². The third kappa shape index (κ3) is 3.64. The summed E-state index contributed by atoms with van der Waals surface area (Å²) in [5.74, 6) is -0.335. The van der Waals surface area contributed by atoms with Crippen molar-refractivity contribution < 1.29 is 9.90 Å². The van der Waals surface area contributed by atoms with Crippen LogP contribution in [0.4, 0.5) is 5.82 Å². The standard InChI is InChI=1S/C12H17N3O2.2ClH/c1-8(12(17)15-6-2-3-7-15)9-4-5-14-11(13)10(9)16;;/h4-5,8,16H,2-3,6-7H2,1H3,(H2,13,14);2*1H. The third-order valence-electron chi connectivity index (χ3n) is 3.24. The minimum absolute atomic E-state index is 0. The fourth-order valence-corrected chi connectivity index (χ4v) is 2.18. The molecular weight excluding hydrogens is 289 g/mol. The molecule has 0 saturated carbocycles. The van der Waals surface area contributed by atoms with Crippen molar-refractivity contribution in [1.29, 1.82) is 0 Å². The second kappa shape index (κ2) is 7.40. The summed E-state index contributed by atoms with van der Waals surface area (Å²) in [5.41, 5.74) is 6.08. The molecule has 5 nitrogen and oxygen atoms in total. The molecular formula is C12H19Cl2N3O2. The lowest BCUT2D eigenvalue weighted by atomic mass is 10.00. The summed E-state index contributed by atoms with van der Waals surface area (Å²) in [5, 5.41) is 9.80. The fourth-order valence-electron chi connectivity index (χ4n) is 2.18. The predicted octanol–water partition coefficient (Wildman–Crippen LogP) is 1.94. The Morgan fingerprint density at radius 2 is 2.00 bits per heavy atom. The Balaban J connectivity index is 0.00000162. The Kier molecular flexibility index (Phi) is 6.94. The maximum absolute atomic E-state index is 12.2. The summed E-state index contributed by atoms with van der Waals surface area (Å²) in [6.45, 7) is 3.41. The molecule has 3 N–H and O–H groups in total. The van der Waals surface area contributed by atoms with Gasteiger partial charge in [-0.15, -0.1) is 24.8 Å². The first-order chi connectivity index (χ1) is 8.11. The van der Waals surface area contributed by atoms with Gasteiger partial charge in [-0.1, -0.05) is 0 Å². The summed E-state index contributed by atoms with van der Waals surface area (Å²) in [4.78, 5) is 17.8. The summed E-state index contributed by atoms with van der Waals surface area (Å²) in [6.07, 6.45) is 3.63. The largest absolute Gasteiger partial charge is 0.504 e. The van der Waals surface area contributed by atoms with Gasteiger partial charge in [-0.05, 0) is 25.8 Å². The fraction of sp³-hybridized carbons (Fsp3) is 0.500. The average Bonchev–Trinajstić information content (AvgIpc) is 2.84. The molecule has 2 rings (SSSR count). The Bertz CT molecular complexity index is 437. The van der Waals surface area contributed by atoms with E-state index in [2.05, 4.69) is 4.98 Å². The van der Waals surface area contributed by atoms with Gasteiger partial charge in [-0.3, -0.25) is 4.79 Å². The molecule has 19 heavy (non-hydrogen) atoms. The number of hydrogen-bond donors (Lipinski definition) is 2. The van der Waals surface area contributed by atoms with Crippen LogP contribution in [0.3, 0.4) is 0 Å². The summed E-state index contributed by atoms with van der Waals surface area (Å²) in [7, 11) is 0. The number of rotatable bonds is 2. The van der Waals surface area contributed by atoms with Crippen molar-refractivity contribution in [2.75, 3.05) is 18.8 Å². The van der Waals surface area contributed by atoms with Crippen LogP contribution in [0.5, 0.6) is 5.75 Å².